The molecule has 1 amide bonds. The van der Waals surface area contributed by atoms with Crippen molar-refractivity contribution in [1.29, 1.82) is 0 Å². The molecule has 0 radical (unpaired) electrons. The summed E-state index contributed by atoms with van der Waals surface area (Å²) in [7, 11) is 0. The second kappa shape index (κ2) is 9.62. The molecule has 1 aliphatic carbocycles. The first-order valence-electron chi connectivity index (χ1n) is 10.8. The highest BCUT2D eigenvalue weighted by Crippen LogP contribution is 2.40. The van der Waals surface area contributed by atoms with Gasteiger partial charge in [0.2, 0.25) is 0 Å². The molecule has 4 aromatic rings. The molecule has 0 aliphatic heterocycles. The number of aromatic nitrogens is 4. The maximum absolute atomic E-state index is 12.8. The molecule has 1 saturated carbocycles. The van der Waals surface area contributed by atoms with Crippen LogP contribution in [0.5, 0.6) is 0 Å². The lowest BCUT2D eigenvalue weighted by Crippen LogP contribution is -2.18. The monoisotopic (exact) mass is 493 g/mol. The van der Waals surface area contributed by atoms with Crippen molar-refractivity contribution in [3.05, 3.63) is 81.9 Å². The topological polar surface area (TPSA) is 64.7 Å². The lowest BCUT2D eigenvalue weighted by atomic mass is 10.2. The van der Waals surface area contributed by atoms with Crippen molar-refractivity contribution in [2.45, 2.75) is 35.9 Å². The van der Waals surface area contributed by atoms with Crippen molar-refractivity contribution in [3.8, 4) is 5.69 Å². The van der Waals surface area contributed by atoms with Crippen LogP contribution in [0.3, 0.4) is 0 Å². The largest absolute Gasteiger partial charge is 0.307 e. The van der Waals surface area contributed by atoms with Gasteiger partial charge in [-0.05, 0) is 67.7 Å². The Bertz CT molecular complexity index is 1310. The third kappa shape index (κ3) is 5.10. The fourth-order valence-corrected chi connectivity index (χ4v) is 5.98. The van der Waals surface area contributed by atoms with Gasteiger partial charge in [-0.2, -0.15) is 5.10 Å². The molecule has 33 heavy (non-hydrogen) atoms. The van der Waals surface area contributed by atoms with Crippen LogP contribution in [-0.4, -0.2) is 25.5 Å². The zero-order valence-electron chi connectivity index (χ0n) is 18.0. The van der Waals surface area contributed by atoms with E-state index in [0.29, 0.717) is 15.4 Å². The van der Waals surface area contributed by atoms with Crippen LogP contribution in [-0.2, 0) is 5.75 Å². The number of hydrogen-bond donors (Lipinski definition) is 1. The zero-order valence-corrected chi connectivity index (χ0v) is 20.5. The van der Waals surface area contributed by atoms with Crippen molar-refractivity contribution < 1.29 is 4.79 Å². The van der Waals surface area contributed by atoms with Crippen molar-refractivity contribution in [1.82, 2.24) is 19.6 Å². The minimum absolute atomic E-state index is 0.160. The molecule has 0 saturated heterocycles. The van der Waals surface area contributed by atoms with Crippen LogP contribution in [0, 0.1) is 9.87 Å². The fourth-order valence-electron chi connectivity index (χ4n) is 3.66. The minimum Gasteiger partial charge on any atom is -0.307 e. The summed E-state index contributed by atoms with van der Waals surface area (Å²) in [4.78, 5) is 12.8. The van der Waals surface area contributed by atoms with E-state index in [4.69, 9.17) is 12.2 Å². The van der Waals surface area contributed by atoms with E-state index in [-0.39, 0.29) is 11.9 Å². The molecule has 1 atom stereocenters. The molecule has 2 aromatic heterocycles. The Labute approximate surface area is 205 Å². The maximum atomic E-state index is 12.8. The number of nitrogens with one attached hydrogen (secondary N) is 1. The number of rotatable bonds is 8. The molecule has 1 aliphatic rings. The van der Waals surface area contributed by atoms with E-state index in [2.05, 4.69) is 34.6 Å². The summed E-state index contributed by atoms with van der Waals surface area (Å²) in [5, 5.41) is 12.1. The normalized spacial score (nSPS) is 14.2. The van der Waals surface area contributed by atoms with Gasteiger partial charge in [0.25, 0.3) is 5.91 Å². The minimum atomic E-state index is -0.160. The number of hydrogen-bond acceptors (Lipinski definition) is 6. The van der Waals surface area contributed by atoms with E-state index in [1.54, 1.807) is 34.8 Å². The van der Waals surface area contributed by atoms with Crippen LogP contribution < -0.4 is 5.32 Å². The molecule has 9 heteroatoms. The van der Waals surface area contributed by atoms with Gasteiger partial charge in [0.1, 0.15) is 5.82 Å². The smallest absolute Gasteiger partial charge is 0.256 e. The summed E-state index contributed by atoms with van der Waals surface area (Å²) in [5.74, 6) is 2.06. The second-order valence-corrected chi connectivity index (χ2v) is 10.9. The van der Waals surface area contributed by atoms with Crippen LogP contribution in [0.1, 0.15) is 41.7 Å². The predicted octanol–water partition coefficient (Wildman–Crippen LogP) is 6.38. The van der Waals surface area contributed by atoms with Gasteiger partial charge < -0.3 is 5.32 Å². The van der Waals surface area contributed by atoms with Crippen LogP contribution >= 0.6 is 35.3 Å². The van der Waals surface area contributed by atoms with E-state index in [1.807, 2.05) is 41.1 Å². The zero-order chi connectivity index (χ0) is 22.8. The van der Waals surface area contributed by atoms with Gasteiger partial charge in [-0.1, -0.05) is 53.4 Å². The molecule has 0 spiro atoms. The molecule has 1 unspecified atom stereocenters. The third-order valence-corrected chi connectivity index (χ3v) is 8.15. The summed E-state index contributed by atoms with van der Waals surface area (Å²) in [5.41, 5.74) is 2.66. The van der Waals surface area contributed by atoms with Crippen LogP contribution in [0.4, 0.5) is 5.82 Å². The Morgan fingerprint density at radius 1 is 1.18 bits per heavy atom. The van der Waals surface area contributed by atoms with Crippen molar-refractivity contribution in [3.63, 3.8) is 0 Å². The first kappa shape index (κ1) is 22.1. The highest BCUT2D eigenvalue weighted by Gasteiger charge is 2.30. The first-order valence-corrected chi connectivity index (χ1v) is 13.0. The SMILES string of the molecule is CC(C1CC1)n1nccc1NC(=O)c1ccc(-n2nc(SCc3ccccc3)sc2=S)cc1. The molecule has 6 nitrogen and oxygen atoms in total. The number of benzene rings is 2. The predicted molar refractivity (Wildman–Crippen MR) is 136 cm³/mol. The molecule has 0 bridgehead atoms. The number of anilines is 1. The van der Waals surface area contributed by atoms with Gasteiger partial charge in [0.15, 0.2) is 8.29 Å². The van der Waals surface area contributed by atoms with E-state index >= 15 is 0 Å². The highest BCUT2D eigenvalue weighted by atomic mass is 32.2. The molecule has 1 fully saturated rings. The van der Waals surface area contributed by atoms with E-state index < -0.39 is 0 Å². The maximum Gasteiger partial charge on any atom is 0.256 e. The van der Waals surface area contributed by atoms with Crippen molar-refractivity contribution in [2.24, 2.45) is 5.92 Å². The molecule has 2 heterocycles. The van der Waals surface area contributed by atoms with E-state index in [9.17, 15) is 4.79 Å². The second-order valence-electron chi connectivity index (χ2n) is 8.06. The highest BCUT2D eigenvalue weighted by molar-refractivity contribution is 8.00. The molecule has 2 aromatic carbocycles. The Morgan fingerprint density at radius 3 is 2.67 bits per heavy atom. The molecular formula is C24H23N5OS3. The lowest BCUT2D eigenvalue weighted by molar-refractivity contribution is 0.102. The van der Waals surface area contributed by atoms with Crippen LogP contribution in [0.2, 0.25) is 0 Å². The molecule has 1 N–H and O–H groups in total. The number of carbonyl (C=O) groups excluding carboxylic acids is 1. The average molecular weight is 494 g/mol. The Balaban J connectivity index is 1.26. The number of thioether (sulfide) groups is 1. The molecular weight excluding hydrogens is 470 g/mol. The van der Waals surface area contributed by atoms with Gasteiger partial charge in [0, 0.05) is 17.4 Å². The van der Waals surface area contributed by atoms with Gasteiger partial charge >= 0.3 is 0 Å². The van der Waals surface area contributed by atoms with Crippen LogP contribution in [0.25, 0.3) is 5.69 Å². The van der Waals surface area contributed by atoms with Crippen molar-refractivity contribution >= 4 is 47.0 Å². The van der Waals surface area contributed by atoms with Gasteiger partial charge in [-0.3, -0.25) is 4.79 Å². The summed E-state index contributed by atoms with van der Waals surface area (Å²) in [6.45, 7) is 2.15. The van der Waals surface area contributed by atoms with E-state index in [0.717, 1.165) is 21.6 Å². The Kier molecular flexibility index (Phi) is 6.43. The lowest BCUT2D eigenvalue weighted by Gasteiger charge is -2.15. The first-order chi connectivity index (χ1) is 16.1. The Hall–Kier alpha value is -2.75. The average Bonchev–Trinajstić information content (AvgIpc) is 3.48. The fraction of sp³-hybridized carbons (Fsp3) is 0.250. The van der Waals surface area contributed by atoms with Gasteiger partial charge in [-0.25, -0.2) is 9.36 Å². The van der Waals surface area contributed by atoms with Gasteiger partial charge in [0.05, 0.1) is 17.9 Å². The van der Waals surface area contributed by atoms with Crippen molar-refractivity contribution in [2.75, 3.05) is 5.32 Å². The summed E-state index contributed by atoms with van der Waals surface area (Å²) < 4.78 is 5.26. The molecule has 5 rings (SSSR count). The van der Waals surface area contributed by atoms with E-state index in [1.165, 1.54) is 29.7 Å². The third-order valence-electron chi connectivity index (χ3n) is 5.71. The van der Waals surface area contributed by atoms with Gasteiger partial charge in [-0.15, -0.1) is 5.10 Å². The number of nitrogens with zero attached hydrogens (tertiary/aromatic N) is 4. The molecule has 168 valence electrons. The van der Waals surface area contributed by atoms with Crippen LogP contribution in [0.15, 0.2) is 71.2 Å². The summed E-state index contributed by atoms with van der Waals surface area (Å²) in [6.07, 6.45) is 4.18. The summed E-state index contributed by atoms with van der Waals surface area (Å²) in [6, 6.07) is 19.8. The Morgan fingerprint density at radius 2 is 1.94 bits per heavy atom. The number of carbonyl (C=O) groups is 1. The number of amides is 1. The quantitative estimate of drug-likeness (QED) is 0.228. The standard InChI is InChI=1S/C24H23N5OS3/c1-16(18-7-8-18)28-21(13-14-25-28)26-22(30)19-9-11-20(12-10-19)29-24(31)33-23(27-29)32-15-17-5-3-2-4-6-17/h2-6,9-14,16,18H,7-8,15H2,1H3,(H,26,30). The summed E-state index contributed by atoms with van der Waals surface area (Å²) >= 11 is 8.69.